The maximum atomic E-state index is 13.1. The third-order valence-electron chi connectivity index (χ3n) is 6.06. The second-order valence-corrected chi connectivity index (χ2v) is 8.72. The van der Waals surface area contributed by atoms with Crippen molar-refractivity contribution in [3.8, 4) is 22.9 Å². The van der Waals surface area contributed by atoms with Gasteiger partial charge < -0.3 is 19.3 Å². The van der Waals surface area contributed by atoms with Gasteiger partial charge in [-0.05, 0) is 43.2 Å². The molecule has 8 nitrogen and oxygen atoms in total. The molecule has 1 aliphatic rings. The van der Waals surface area contributed by atoms with E-state index in [1.807, 2.05) is 37.3 Å². The monoisotopic (exact) mass is 496 g/mol. The predicted molar refractivity (Wildman–Crippen MR) is 134 cm³/mol. The second kappa shape index (κ2) is 10.8. The average molecular weight is 497 g/mol. The third-order valence-corrected chi connectivity index (χ3v) is 6.30. The number of hydrogen-bond donors (Lipinski definition) is 1. The zero-order chi connectivity index (χ0) is 24.9. The Kier molecular flexibility index (Phi) is 7.60. The van der Waals surface area contributed by atoms with Crippen LogP contribution in [-0.2, 0) is 0 Å². The van der Waals surface area contributed by atoms with E-state index in [1.165, 1.54) is 0 Å². The molecule has 2 aromatic carbocycles. The summed E-state index contributed by atoms with van der Waals surface area (Å²) in [6.07, 6.45) is 2.99. The van der Waals surface area contributed by atoms with Gasteiger partial charge in [-0.15, -0.1) is 0 Å². The van der Waals surface area contributed by atoms with Gasteiger partial charge in [-0.2, -0.15) is 4.98 Å². The first-order valence-electron chi connectivity index (χ1n) is 11.6. The molecule has 1 aromatic heterocycles. The van der Waals surface area contributed by atoms with E-state index in [-0.39, 0.29) is 6.03 Å². The summed E-state index contributed by atoms with van der Waals surface area (Å²) in [6, 6.07) is 12.1. The molecule has 1 atom stereocenters. The van der Waals surface area contributed by atoms with Crippen molar-refractivity contribution in [3.63, 3.8) is 0 Å². The largest absolute Gasteiger partial charge is 0.493 e. The van der Waals surface area contributed by atoms with Crippen LogP contribution in [0.1, 0.15) is 50.6 Å². The number of aromatic nitrogens is 2. The molecule has 3 aromatic rings. The van der Waals surface area contributed by atoms with Gasteiger partial charge in [0.05, 0.1) is 25.8 Å². The molecule has 0 aliphatic carbocycles. The van der Waals surface area contributed by atoms with Gasteiger partial charge in [0, 0.05) is 22.8 Å². The number of urea groups is 1. The molecule has 0 fully saturated rings. The van der Waals surface area contributed by atoms with E-state index in [2.05, 4.69) is 22.4 Å². The van der Waals surface area contributed by atoms with E-state index >= 15 is 0 Å². The first kappa shape index (κ1) is 24.6. The highest BCUT2D eigenvalue weighted by atomic mass is 35.5. The number of allylic oxidation sites excluding steroid dienone is 1. The number of rotatable bonds is 9. The fraction of sp³-hybridized carbons (Fsp3) is 0.346. The SMILES string of the molecule is CCCCCN1C(=O)NC(c2ccc(OC)c(OC)c2)C(c2nc(-c3cccc(Cl)c3)no2)=C1C. The number of hydrogen-bond acceptors (Lipinski definition) is 6. The lowest BCUT2D eigenvalue weighted by Gasteiger charge is -2.35. The lowest BCUT2D eigenvalue weighted by molar-refractivity contribution is 0.204. The van der Waals surface area contributed by atoms with Crippen molar-refractivity contribution >= 4 is 23.2 Å². The maximum absolute atomic E-state index is 13.1. The van der Waals surface area contributed by atoms with Crippen LogP contribution in [0.4, 0.5) is 4.79 Å². The highest BCUT2D eigenvalue weighted by Gasteiger charge is 2.36. The fourth-order valence-corrected chi connectivity index (χ4v) is 4.40. The molecule has 0 spiro atoms. The molecule has 0 bridgehead atoms. The molecule has 2 heterocycles. The van der Waals surface area contributed by atoms with Gasteiger partial charge >= 0.3 is 6.03 Å². The summed E-state index contributed by atoms with van der Waals surface area (Å²) in [6.45, 7) is 4.65. The van der Waals surface area contributed by atoms with Gasteiger partial charge in [-0.1, -0.05) is 54.7 Å². The molecule has 4 rings (SSSR count). The zero-order valence-electron chi connectivity index (χ0n) is 20.3. The summed E-state index contributed by atoms with van der Waals surface area (Å²) >= 11 is 6.15. The number of methoxy groups -OCH3 is 2. The zero-order valence-corrected chi connectivity index (χ0v) is 21.1. The standard InChI is InChI=1S/C26H29ClN4O4/c1-5-6-7-13-31-16(2)22(25-29-24(30-35-25)18-9-8-10-19(27)14-18)23(28-26(31)32)17-11-12-20(33-3)21(15-17)34-4/h8-12,14-15,23H,5-7,13H2,1-4H3,(H,28,32). The van der Waals surface area contributed by atoms with Gasteiger partial charge in [0.1, 0.15) is 0 Å². The van der Waals surface area contributed by atoms with E-state index < -0.39 is 6.04 Å². The van der Waals surface area contributed by atoms with Crippen LogP contribution in [0.25, 0.3) is 17.0 Å². The van der Waals surface area contributed by atoms with Crippen LogP contribution < -0.4 is 14.8 Å². The molecule has 0 radical (unpaired) electrons. The van der Waals surface area contributed by atoms with Gasteiger partial charge in [-0.25, -0.2) is 4.79 Å². The highest BCUT2D eigenvalue weighted by Crippen LogP contribution is 2.40. The lowest BCUT2D eigenvalue weighted by Crippen LogP contribution is -2.46. The van der Waals surface area contributed by atoms with Crippen LogP contribution in [0.2, 0.25) is 5.02 Å². The second-order valence-electron chi connectivity index (χ2n) is 8.29. The van der Waals surface area contributed by atoms with E-state index in [0.29, 0.717) is 34.8 Å². The summed E-state index contributed by atoms with van der Waals surface area (Å²) in [5.41, 5.74) is 3.05. The van der Waals surface area contributed by atoms with Crippen molar-refractivity contribution in [3.05, 3.63) is 64.6 Å². The number of unbranched alkanes of at least 4 members (excludes halogenated alkanes) is 2. The van der Waals surface area contributed by atoms with Crippen LogP contribution in [0.15, 0.2) is 52.7 Å². The van der Waals surface area contributed by atoms with Crippen LogP contribution in [0.5, 0.6) is 11.5 Å². The number of carbonyl (C=O) groups is 1. The molecule has 35 heavy (non-hydrogen) atoms. The molecular formula is C26H29ClN4O4. The Hall–Kier alpha value is -3.52. The molecule has 0 saturated heterocycles. The minimum Gasteiger partial charge on any atom is -0.493 e. The molecule has 0 saturated carbocycles. The van der Waals surface area contributed by atoms with Crippen molar-refractivity contribution < 1.29 is 18.8 Å². The number of nitrogens with one attached hydrogen (secondary N) is 1. The maximum Gasteiger partial charge on any atom is 0.322 e. The summed E-state index contributed by atoms with van der Waals surface area (Å²) < 4.78 is 16.6. The smallest absolute Gasteiger partial charge is 0.322 e. The van der Waals surface area contributed by atoms with E-state index in [1.54, 1.807) is 31.3 Å². The van der Waals surface area contributed by atoms with Crippen LogP contribution >= 0.6 is 11.6 Å². The summed E-state index contributed by atoms with van der Waals surface area (Å²) in [7, 11) is 3.16. The first-order chi connectivity index (χ1) is 17.0. The number of nitrogens with zero attached hydrogens (tertiary/aromatic N) is 3. The van der Waals surface area contributed by atoms with Crippen molar-refractivity contribution in [2.45, 2.75) is 39.2 Å². The van der Waals surface area contributed by atoms with Gasteiger partial charge in [0.2, 0.25) is 5.82 Å². The summed E-state index contributed by atoms with van der Waals surface area (Å²) in [5.74, 6) is 1.91. The molecule has 184 valence electrons. The number of ether oxygens (including phenoxy) is 2. The summed E-state index contributed by atoms with van der Waals surface area (Å²) in [4.78, 5) is 19.6. The van der Waals surface area contributed by atoms with Crippen LogP contribution in [-0.4, -0.2) is 41.8 Å². The Morgan fingerprint density at radius 3 is 2.63 bits per heavy atom. The molecule has 1 unspecified atom stereocenters. The lowest BCUT2D eigenvalue weighted by atomic mass is 9.94. The van der Waals surface area contributed by atoms with Crippen molar-refractivity contribution in [2.75, 3.05) is 20.8 Å². The predicted octanol–water partition coefficient (Wildman–Crippen LogP) is 6.09. The quantitative estimate of drug-likeness (QED) is 0.360. The van der Waals surface area contributed by atoms with Crippen molar-refractivity contribution in [1.29, 1.82) is 0 Å². The van der Waals surface area contributed by atoms with E-state index in [4.69, 9.17) is 25.6 Å². The van der Waals surface area contributed by atoms with Gasteiger partial charge in [0.15, 0.2) is 11.5 Å². The molecule has 1 aliphatic heterocycles. The van der Waals surface area contributed by atoms with Crippen molar-refractivity contribution in [2.24, 2.45) is 0 Å². The Morgan fingerprint density at radius 1 is 1.11 bits per heavy atom. The molecular weight excluding hydrogens is 468 g/mol. The highest BCUT2D eigenvalue weighted by molar-refractivity contribution is 6.30. The van der Waals surface area contributed by atoms with Crippen LogP contribution in [0, 0.1) is 0 Å². The minimum atomic E-state index is -0.516. The van der Waals surface area contributed by atoms with Gasteiger partial charge in [-0.3, -0.25) is 4.90 Å². The Morgan fingerprint density at radius 2 is 1.91 bits per heavy atom. The van der Waals surface area contributed by atoms with Gasteiger partial charge in [0.25, 0.3) is 5.89 Å². The minimum absolute atomic E-state index is 0.170. The Labute approximate surface area is 209 Å². The third kappa shape index (κ3) is 5.12. The van der Waals surface area contributed by atoms with E-state index in [0.717, 1.165) is 41.7 Å². The van der Waals surface area contributed by atoms with Crippen molar-refractivity contribution in [1.82, 2.24) is 20.4 Å². The average Bonchev–Trinajstić information content (AvgIpc) is 3.35. The Balaban J connectivity index is 1.80. The summed E-state index contributed by atoms with van der Waals surface area (Å²) in [5, 5.41) is 7.89. The Bertz CT molecular complexity index is 1240. The first-order valence-corrected chi connectivity index (χ1v) is 11.9. The van der Waals surface area contributed by atoms with Crippen LogP contribution in [0.3, 0.4) is 0 Å². The number of carbonyl (C=O) groups excluding carboxylic acids is 1. The van der Waals surface area contributed by atoms with E-state index in [9.17, 15) is 4.79 Å². The molecule has 1 N–H and O–H groups in total. The fourth-order valence-electron chi connectivity index (χ4n) is 4.21. The topological polar surface area (TPSA) is 89.7 Å². The number of amides is 2. The normalized spacial score (nSPS) is 15.9. The number of benzene rings is 2. The molecule has 2 amide bonds. The molecule has 9 heteroatoms. The number of halogens is 1.